The number of nitrogens with one attached hydrogen (secondary N) is 2. The van der Waals surface area contributed by atoms with Crippen molar-refractivity contribution in [1.29, 1.82) is 0 Å². The first-order valence-electron chi connectivity index (χ1n) is 11.9. The molecule has 0 radical (unpaired) electrons. The molecule has 6 heteroatoms. The molecule has 1 aromatic heterocycles. The van der Waals surface area contributed by atoms with Crippen LogP contribution in [-0.4, -0.2) is 45.7 Å². The van der Waals surface area contributed by atoms with Crippen molar-refractivity contribution < 1.29 is 26.2 Å². The molecule has 0 saturated heterocycles. The maximum Gasteiger partial charge on any atom is 0.215 e. The third-order valence-corrected chi connectivity index (χ3v) is 3.35. The van der Waals surface area contributed by atoms with Gasteiger partial charge in [0.05, 0.1) is 5.70 Å². The highest BCUT2D eigenvalue weighted by Crippen LogP contribution is 2.21. The maximum atomic E-state index is 12.3. The summed E-state index contributed by atoms with van der Waals surface area (Å²) in [7, 11) is -5.04. The zero-order valence-electron chi connectivity index (χ0n) is 23.2. The number of H-pyrrole nitrogens is 1. The molecule has 0 aliphatic carbocycles. The van der Waals surface area contributed by atoms with Gasteiger partial charge in [-0.25, -0.2) is 13.1 Å². The molecule has 0 amide bonds. The number of hydrogen-bond acceptors (Lipinski definition) is 3. The third-order valence-electron chi connectivity index (χ3n) is 2.58. The highest BCUT2D eigenvalue weighted by Gasteiger charge is 2.11. The van der Waals surface area contributed by atoms with Gasteiger partial charge in [0.25, 0.3) is 0 Å². The molecule has 20 heavy (non-hydrogen) atoms. The fourth-order valence-electron chi connectivity index (χ4n) is 1.73. The number of sulfonamides is 1. The van der Waals surface area contributed by atoms with Gasteiger partial charge in [0, 0.05) is 41.4 Å². The second-order valence-corrected chi connectivity index (χ2v) is 5.37. The highest BCUT2D eigenvalue weighted by molar-refractivity contribution is 7.88. The van der Waals surface area contributed by atoms with E-state index in [1.54, 1.807) is 0 Å². The minimum atomic E-state index is -5.04. The van der Waals surface area contributed by atoms with Gasteiger partial charge >= 0.3 is 0 Å². The molecule has 0 spiro atoms. The van der Waals surface area contributed by atoms with Gasteiger partial charge in [-0.2, -0.15) is 0 Å². The van der Waals surface area contributed by atoms with Gasteiger partial charge in [0.15, 0.2) is 0 Å². The summed E-state index contributed by atoms with van der Waals surface area (Å²) in [5, 5.41) is 0.0976. The summed E-state index contributed by atoms with van der Waals surface area (Å²) in [6, 6.07) is 3.41. The van der Waals surface area contributed by atoms with Crippen LogP contribution in [0.1, 0.15) is 28.9 Å². The summed E-state index contributed by atoms with van der Waals surface area (Å²) in [5.41, 5.74) is -3.33. The van der Waals surface area contributed by atoms with Crippen LogP contribution in [0.25, 0.3) is 10.9 Å². The molecule has 0 saturated carbocycles. The average Bonchev–Trinajstić information content (AvgIpc) is 2.90. The van der Waals surface area contributed by atoms with Crippen molar-refractivity contribution in [1.82, 2.24) is 14.6 Å². The smallest absolute Gasteiger partial charge is 0.215 e. The lowest BCUT2D eigenvalue weighted by Gasteiger charge is -2.08. The molecule has 0 bridgehead atoms. The van der Waals surface area contributed by atoms with Crippen LogP contribution in [-0.2, 0) is 22.1 Å². The van der Waals surface area contributed by atoms with Gasteiger partial charge in [0.1, 0.15) is 0 Å². The molecule has 2 rings (SSSR count). The van der Waals surface area contributed by atoms with E-state index in [1.165, 1.54) is 17.0 Å². The number of rotatable bonds is 6. The number of nitrogens with zero attached hydrogens (tertiary/aromatic N) is 1. The number of benzene rings is 1. The monoisotopic (exact) mass is 308 g/mol. The molecule has 2 aromatic rings. The SMILES string of the molecule is [2H]C([2H])([2H])NS(=O)(=O)C([2H])([2H])c1ccc2[nH]cc(CC([2H])([2H])N(C([2H])([2H])[2H])C([2H])([2H])[2H])c2c1. The Morgan fingerprint density at radius 2 is 2.30 bits per heavy atom. The van der Waals surface area contributed by atoms with Crippen molar-refractivity contribution in [2.24, 2.45) is 0 Å². The third kappa shape index (κ3) is 3.59. The molecule has 1 aromatic carbocycles. The Labute approximate surface area is 138 Å². The van der Waals surface area contributed by atoms with Crippen molar-refractivity contribution in [3.05, 3.63) is 35.5 Å². The molecule has 0 aliphatic heterocycles. The number of aryl methyl sites for hydroxylation is 1. The van der Waals surface area contributed by atoms with Gasteiger partial charge in [-0.15, -0.1) is 0 Å². The van der Waals surface area contributed by atoms with E-state index < -0.39 is 55.1 Å². The summed E-state index contributed by atoms with van der Waals surface area (Å²) in [4.78, 5) is 2.52. The van der Waals surface area contributed by atoms with Crippen molar-refractivity contribution in [3.63, 3.8) is 0 Å². The minimum Gasteiger partial charge on any atom is -0.361 e. The Kier molecular flexibility index (Phi) is 1.62. The van der Waals surface area contributed by atoms with Crippen LogP contribution >= 0.6 is 0 Å². The zero-order chi connectivity index (χ0) is 25.8. The number of hydrogen-bond donors (Lipinski definition) is 2. The first kappa shape index (κ1) is 5.44. The van der Waals surface area contributed by atoms with E-state index in [4.69, 9.17) is 17.8 Å². The van der Waals surface area contributed by atoms with E-state index in [2.05, 4.69) is 4.98 Å². The molecule has 1 heterocycles. The van der Waals surface area contributed by atoms with Crippen LogP contribution in [0, 0.1) is 0 Å². The summed E-state index contributed by atoms with van der Waals surface area (Å²) >= 11 is 0. The van der Waals surface area contributed by atoms with Crippen molar-refractivity contribution >= 4 is 20.9 Å². The lowest BCUT2D eigenvalue weighted by atomic mass is 10.1. The Morgan fingerprint density at radius 3 is 3.05 bits per heavy atom. The molecular formula is C14H21N3O2S. The van der Waals surface area contributed by atoms with Gasteiger partial charge < -0.3 is 9.88 Å². The lowest BCUT2D eigenvalue weighted by Crippen LogP contribution is -2.20. The second kappa shape index (κ2) is 5.95. The van der Waals surface area contributed by atoms with E-state index in [0.717, 1.165) is 12.1 Å². The summed E-state index contributed by atoms with van der Waals surface area (Å²) < 4.78 is 124. The van der Waals surface area contributed by atoms with Crippen molar-refractivity contribution in [2.75, 3.05) is 27.4 Å². The molecule has 0 unspecified atom stereocenters. The number of likely N-dealkylation sites (N-methyl/N-ethyl adjacent to an activating group) is 1. The quantitative estimate of drug-likeness (QED) is 0.846. The summed E-state index contributed by atoms with van der Waals surface area (Å²) in [5.74, 6) is 0. The van der Waals surface area contributed by atoms with E-state index in [9.17, 15) is 8.42 Å². The fraction of sp³-hybridized carbons (Fsp3) is 0.429. The zero-order valence-corrected chi connectivity index (χ0v) is 11.0. The molecule has 2 N–H and O–H groups in total. The Hall–Kier alpha value is -1.37. The molecule has 110 valence electrons. The summed E-state index contributed by atoms with van der Waals surface area (Å²) in [6.07, 6.45) is 0.505. The van der Waals surface area contributed by atoms with Gasteiger partial charge in [-0.3, -0.25) is 0 Å². The maximum absolute atomic E-state index is 12.3. The van der Waals surface area contributed by atoms with E-state index in [-0.39, 0.29) is 15.8 Å². The fourth-order valence-corrected chi connectivity index (χ4v) is 2.22. The van der Waals surface area contributed by atoms with Crippen LogP contribution in [0.2, 0.25) is 0 Å². The van der Waals surface area contributed by atoms with E-state index >= 15 is 0 Å². The average molecular weight is 308 g/mol. The molecule has 0 aliphatic rings. The first-order valence-corrected chi connectivity index (χ1v) is 6.92. The van der Waals surface area contributed by atoms with Crippen LogP contribution < -0.4 is 4.72 Å². The number of aromatic nitrogens is 1. The largest absolute Gasteiger partial charge is 0.361 e. The van der Waals surface area contributed by atoms with Crippen LogP contribution in [0.4, 0.5) is 0 Å². The molecular weight excluding hydrogens is 274 g/mol. The molecule has 5 nitrogen and oxygen atoms in total. The molecule has 0 atom stereocenters. The number of aromatic amines is 1. The second-order valence-electron chi connectivity index (χ2n) is 3.95. The molecule has 0 fully saturated rings. The van der Waals surface area contributed by atoms with Gasteiger partial charge in [-0.1, -0.05) is 6.07 Å². The van der Waals surface area contributed by atoms with Gasteiger partial charge in [0.2, 0.25) is 10.0 Å². The Balaban J connectivity index is 2.55. The summed E-state index contributed by atoms with van der Waals surface area (Å²) in [6.45, 7) is -12.7. The van der Waals surface area contributed by atoms with Crippen molar-refractivity contribution in [3.8, 4) is 0 Å². The normalized spacial score (nSPS) is 25.4. The number of fused-ring (bicyclic) bond motifs is 1. The Morgan fingerprint density at radius 1 is 1.45 bits per heavy atom. The Bertz CT molecular complexity index is 1100. The first-order chi connectivity index (χ1) is 14.5. The predicted molar refractivity (Wildman–Crippen MR) is 82.2 cm³/mol. The lowest BCUT2D eigenvalue weighted by molar-refractivity contribution is 0.414. The predicted octanol–water partition coefficient (Wildman–Crippen LogP) is 1.32. The van der Waals surface area contributed by atoms with Crippen LogP contribution in [0.3, 0.4) is 0 Å². The van der Waals surface area contributed by atoms with Crippen molar-refractivity contribution in [2.45, 2.75) is 12.1 Å². The topological polar surface area (TPSA) is 65.2 Å². The van der Waals surface area contributed by atoms with Crippen LogP contribution in [0.15, 0.2) is 24.4 Å². The highest BCUT2D eigenvalue weighted by atomic mass is 32.2. The van der Waals surface area contributed by atoms with E-state index in [0.29, 0.717) is 5.52 Å². The van der Waals surface area contributed by atoms with Gasteiger partial charge in [-0.05, 0) is 50.6 Å². The van der Waals surface area contributed by atoms with Crippen LogP contribution in [0.5, 0.6) is 0 Å². The minimum absolute atomic E-state index is 0.0485. The van der Waals surface area contributed by atoms with E-state index in [1.807, 2.05) is 0 Å². The standard InChI is InChI=1S/C14H21N3O2S/c1-15-20(18,19)10-11-4-5-14-13(8-11)12(9-16-14)6-7-17(2)3/h4-5,8-9,15-16H,6-7,10H2,1-3H3/i1D3,2D3,3D3,7D2,10D2.